The van der Waals surface area contributed by atoms with E-state index in [9.17, 15) is 43.2 Å². The number of hydrogen-bond acceptors (Lipinski definition) is 15. The number of ether oxygens (including phenoxy) is 4. The molecule has 554 valence electrons. The molecule has 3 N–H and O–H groups in total. The molecule has 0 aromatic rings. The van der Waals surface area contributed by atoms with E-state index in [-0.39, 0.29) is 25.7 Å². The Morgan fingerprint density at radius 2 is 0.561 bits per heavy atom. The normalized spacial score (nSPS) is 15.0. The van der Waals surface area contributed by atoms with Crippen LogP contribution in [0.25, 0.3) is 0 Å². The highest BCUT2D eigenvalue weighted by Gasteiger charge is 2.30. The summed E-state index contributed by atoms with van der Waals surface area (Å²) in [6.45, 7) is 4.20. The van der Waals surface area contributed by atoms with E-state index in [4.69, 9.17) is 37.0 Å². The Kier molecular flexibility index (Phi) is 65.9. The Hall–Kier alpha value is -5.58. The molecule has 0 aliphatic heterocycles. The lowest BCUT2D eigenvalue weighted by Crippen LogP contribution is -2.30. The first kappa shape index (κ1) is 92.4. The zero-order valence-corrected chi connectivity index (χ0v) is 61.9. The fourth-order valence-corrected chi connectivity index (χ4v) is 10.4. The van der Waals surface area contributed by atoms with E-state index in [1.807, 2.05) is 42.5 Å². The number of aliphatic hydroxyl groups is 1. The summed E-state index contributed by atoms with van der Waals surface area (Å²) in [6.07, 6.45) is 81.4. The molecule has 19 heteroatoms. The fourth-order valence-electron chi connectivity index (χ4n) is 8.83. The highest BCUT2D eigenvalue weighted by Crippen LogP contribution is 2.45. The zero-order chi connectivity index (χ0) is 71.8. The van der Waals surface area contributed by atoms with Crippen LogP contribution in [0.4, 0.5) is 0 Å². The maximum atomic E-state index is 13.0. The van der Waals surface area contributed by atoms with Crippen LogP contribution in [-0.4, -0.2) is 96.7 Å². The number of hydrogen-bond donors (Lipinski definition) is 3. The standard InChI is InChI=1S/C79H126O17P2/c1-5-9-13-17-21-25-29-33-36-40-43-47-51-55-59-63-76(81)89-69-74(95-78(83)65-61-57-53-49-45-39-32-28-24-20-16-12-8-4)71-93-97(85,86)91-67-73(80)68-92-98(87,88)94-72-75(96-79(84)66-62-58-54-50-46-42-38-35-31-27-23-19-15-11-7-3)70-90-77(82)64-60-56-52-48-44-41-37-34-30-26-22-18-14-10-6-2/h9-11,13-15,21-23,25-27,33-38,43-44,46-48,50,55-56,59-60,73-75,80H,5-8,12,16-20,24,28-32,39-42,45,49,51-54,57-58,61-72H2,1-4H3,(H,85,86)(H,87,88)/b13-9-,14-10-,15-11-,25-21-,26-22-,27-23-,36-33-,37-34-,38-35-,47-43-,48-44-,50-46-,59-55-,60-56-. The van der Waals surface area contributed by atoms with Gasteiger partial charge in [-0.1, -0.05) is 275 Å². The van der Waals surface area contributed by atoms with Crippen LogP contribution in [0, 0.1) is 0 Å². The first-order valence-corrected chi connectivity index (χ1v) is 39.4. The van der Waals surface area contributed by atoms with Crippen molar-refractivity contribution >= 4 is 39.5 Å². The van der Waals surface area contributed by atoms with Gasteiger partial charge in [-0.15, -0.1) is 0 Å². The Morgan fingerprint density at radius 1 is 0.306 bits per heavy atom. The number of carbonyl (C=O) groups excluding carboxylic acids is 4. The highest BCUT2D eigenvalue weighted by atomic mass is 31.2. The van der Waals surface area contributed by atoms with Gasteiger partial charge in [-0.2, -0.15) is 0 Å². The smallest absolute Gasteiger partial charge is 0.461 e. The van der Waals surface area contributed by atoms with Gasteiger partial charge < -0.3 is 33.8 Å². The number of phosphoric acid groups is 2. The van der Waals surface area contributed by atoms with E-state index >= 15 is 0 Å². The average molecular weight is 1410 g/mol. The molecule has 5 unspecified atom stereocenters. The first-order chi connectivity index (χ1) is 47.7. The van der Waals surface area contributed by atoms with Crippen LogP contribution in [0.2, 0.25) is 0 Å². The van der Waals surface area contributed by atoms with Crippen LogP contribution < -0.4 is 0 Å². The van der Waals surface area contributed by atoms with Crippen LogP contribution in [-0.2, 0) is 65.4 Å². The van der Waals surface area contributed by atoms with E-state index < -0.39 is 97.5 Å². The summed E-state index contributed by atoms with van der Waals surface area (Å²) >= 11 is 0. The molecule has 0 rings (SSSR count). The summed E-state index contributed by atoms with van der Waals surface area (Å²) in [5.41, 5.74) is 0. The van der Waals surface area contributed by atoms with Crippen LogP contribution in [0.5, 0.6) is 0 Å². The fraction of sp³-hybridized carbons (Fsp3) is 0.595. The Morgan fingerprint density at radius 3 is 0.867 bits per heavy atom. The third-order valence-corrected chi connectivity index (χ3v) is 16.2. The second-order valence-corrected chi connectivity index (χ2v) is 26.3. The Balaban J connectivity index is 5.53. The molecule has 0 saturated heterocycles. The number of allylic oxidation sites excluding steroid dienone is 26. The zero-order valence-electron chi connectivity index (χ0n) is 60.1. The molecule has 0 saturated carbocycles. The van der Waals surface area contributed by atoms with Crippen molar-refractivity contribution in [3.05, 3.63) is 170 Å². The molecular weight excluding hydrogens is 1280 g/mol. The van der Waals surface area contributed by atoms with Gasteiger partial charge in [-0.3, -0.25) is 37.3 Å². The number of carbonyl (C=O) groups is 4. The maximum absolute atomic E-state index is 13.0. The van der Waals surface area contributed by atoms with Gasteiger partial charge in [0, 0.05) is 12.8 Å². The quantitative estimate of drug-likeness (QED) is 0.0169. The molecule has 0 amide bonds. The largest absolute Gasteiger partial charge is 0.472 e. The summed E-state index contributed by atoms with van der Waals surface area (Å²) < 4.78 is 68.0. The van der Waals surface area contributed by atoms with Crippen molar-refractivity contribution in [3.63, 3.8) is 0 Å². The first-order valence-electron chi connectivity index (χ1n) is 36.4. The molecule has 0 aliphatic carbocycles. The molecule has 5 atom stereocenters. The van der Waals surface area contributed by atoms with Gasteiger partial charge in [0.25, 0.3) is 0 Å². The van der Waals surface area contributed by atoms with Crippen molar-refractivity contribution in [2.24, 2.45) is 0 Å². The van der Waals surface area contributed by atoms with Crippen molar-refractivity contribution in [1.29, 1.82) is 0 Å². The van der Waals surface area contributed by atoms with E-state index in [1.165, 1.54) is 51.4 Å². The van der Waals surface area contributed by atoms with Crippen molar-refractivity contribution < 1.29 is 80.2 Å². The third kappa shape index (κ3) is 68.9. The molecule has 0 aromatic carbocycles. The molecule has 0 bridgehead atoms. The second kappa shape index (κ2) is 69.9. The predicted molar refractivity (Wildman–Crippen MR) is 399 cm³/mol. The Labute approximate surface area is 591 Å². The predicted octanol–water partition coefficient (Wildman–Crippen LogP) is 20.7. The minimum absolute atomic E-state index is 0.0150. The van der Waals surface area contributed by atoms with Crippen LogP contribution in [0.1, 0.15) is 246 Å². The molecule has 0 radical (unpaired) electrons. The lowest BCUT2D eigenvalue weighted by Gasteiger charge is -2.21. The van der Waals surface area contributed by atoms with E-state index in [2.05, 4.69) is 143 Å². The SMILES string of the molecule is CC/C=C\C/C=C\C/C=C\C/C=C\C/C=C\CC(=O)OCC(COP(=O)(O)OCC(O)COP(=O)(O)OCC(COC(=O)C/C=C\C/C=C\C/C=C\C/C=C\C/C=C\CC)OC(=O)CCCCCCCCCCCCCCC)OC(=O)CCCC/C=C\C/C=C\C/C=C\C/C=C\CC. The monoisotopic (exact) mass is 1410 g/mol. The molecule has 0 fully saturated rings. The van der Waals surface area contributed by atoms with Gasteiger partial charge in [-0.25, -0.2) is 9.13 Å². The number of aliphatic hydroxyl groups excluding tert-OH is 1. The van der Waals surface area contributed by atoms with Crippen molar-refractivity contribution in [3.8, 4) is 0 Å². The lowest BCUT2D eigenvalue weighted by atomic mass is 10.0. The van der Waals surface area contributed by atoms with Crippen LogP contribution in [0.15, 0.2) is 170 Å². The second-order valence-electron chi connectivity index (χ2n) is 23.4. The number of esters is 4. The molecule has 17 nitrogen and oxygen atoms in total. The molecule has 98 heavy (non-hydrogen) atoms. The third-order valence-electron chi connectivity index (χ3n) is 14.3. The summed E-state index contributed by atoms with van der Waals surface area (Å²) in [6, 6.07) is 0. The minimum atomic E-state index is -5.01. The molecule has 0 aliphatic rings. The van der Waals surface area contributed by atoms with E-state index in [0.29, 0.717) is 32.1 Å². The number of unbranched alkanes of at least 4 members (excludes halogenated alkanes) is 14. The van der Waals surface area contributed by atoms with Crippen LogP contribution in [0.3, 0.4) is 0 Å². The summed E-state index contributed by atoms with van der Waals surface area (Å²) in [5, 5.41) is 10.6. The van der Waals surface area contributed by atoms with Gasteiger partial charge in [0.1, 0.15) is 19.3 Å². The summed E-state index contributed by atoms with van der Waals surface area (Å²) in [5.74, 6) is -2.54. The van der Waals surface area contributed by atoms with Crippen molar-refractivity contribution in [2.45, 2.75) is 264 Å². The van der Waals surface area contributed by atoms with Crippen molar-refractivity contribution in [2.75, 3.05) is 39.6 Å². The maximum Gasteiger partial charge on any atom is 0.472 e. The minimum Gasteiger partial charge on any atom is -0.461 e. The Bertz CT molecular complexity index is 2530. The summed E-state index contributed by atoms with van der Waals surface area (Å²) in [4.78, 5) is 72.6. The lowest BCUT2D eigenvalue weighted by molar-refractivity contribution is -0.161. The molecule has 0 heterocycles. The van der Waals surface area contributed by atoms with Gasteiger partial charge in [0.15, 0.2) is 12.2 Å². The van der Waals surface area contributed by atoms with Gasteiger partial charge >= 0.3 is 39.5 Å². The van der Waals surface area contributed by atoms with Crippen LogP contribution >= 0.6 is 15.6 Å². The number of phosphoric ester groups is 2. The van der Waals surface area contributed by atoms with Gasteiger partial charge in [0.2, 0.25) is 0 Å². The summed E-state index contributed by atoms with van der Waals surface area (Å²) in [7, 11) is -10.0. The number of rotatable bonds is 66. The van der Waals surface area contributed by atoms with E-state index in [0.717, 1.165) is 109 Å². The van der Waals surface area contributed by atoms with E-state index in [1.54, 1.807) is 12.2 Å². The van der Waals surface area contributed by atoms with Gasteiger partial charge in [0.05, 0.1) is 39.3 Å². The average Bonchev–Trinajstić information content (AvgIpc) is 1.04. The molecular formula is C79H126O17P2. The molecule has 0 spiro atoms. The highest BCUT2D eigenvalue weighted by molar-refractivity contribution is 7.47. The van der Waals surface area contributed by atoms with Crippen molar-refractivity contribution in [1.82, 2.24) is 0 Å². The molecule has 0 aromatic heterocycles. The topological polar surface area (TPSA) is 237 Å². The van der Waals surface area contributed by atoms with Gasteiger partial charge in [-0.05, 0) is 116 Å².